The summed E-state index contributed by atoms with van der Waals surface area (Å²) in [5.41, 5.74) is -0.0574. The van der Waals surface area contributed by atoms with Crippen molar-refractivity contribution < 1.29 is 18.0 Å². The van der Waals surface area contributed by atoms with Crippen molar-refractivity contribution in [1.29, 1.82) is 0 Å². The number of carbonyl (C=O) groups is 1. The van der Waals surface area contributed by atoms with E-state index in [4.69, 9.17) is 0 Å². The molecule has 1 aromatic rings. The van der Waals surface area contributed by atoms with Gasteiger partial charge in [-0.05, 0) is 74.0 Å². The molecule has 29 heavy (non-hydrogen) atoms. The van der Waals surface area contributed by atoms with Crippen LogP contribution in [0.4, 0.5) is 23.7 Å². The molecule has 6 rings (SSSR count). The third-order valence-electron chi connectivity index (χ3n) is 7.62. The van der Waals surface area contributed by atoms with E-state index in [0.29, 0.717) is 49.7 Å². The van der Waals surface area contributed by atoms with Crippen molar-refractivity contribution in [3.63, 3.8) is 0 Å². The first-order chi connectivity index (χ1) is 13.9. The van der Waals surface area contributed by atoms with E-state index < -0.39 is 11.7 Å². The van der Waals surface area contributed by atoms with Gasteiger partial charge >= 0.3 is 12.2 Å². The number of nitrogens with zero attached hydrogens (tertiary/aromatic N) is 2. The molecule has 158 valence electrons. The lowest BCUT2D eigenvalue weighted by atomic mass is 9.54. The van der Waals surface area contributed by atoms with Crippen LogP contribution in [0.2, 0.25) is 0 Å². The van der Waals surface area contributed by atoms with Gasteiger partial charge in [-0.25, -0.2) is 4.79 Å². The molecule has 4 aliphatic carbocycles. The Bertz CT molecular complexity index is 745. The minimum atomic E-state index is -4.34. The van der Waals surface area contributed by atoms with Gasteiger partial charge in [-0.2, -0.15) is 13.2 Å². The molecule has 0 spiro atoms. The predicted molar refractivity (Wildman–Crippen MR) is 105 cm³/mol. The third kappa shape index (κ3) is 3.68. The molecular weight excluding hydrogens is 379 g/mol. The topological polar surface area (TPSA) is 35.6 Å². The Morgan fingerprint density at radius 1 is 0.931 bits per heavy atom. The average Bonchev–Trinajstić information content (AvgIpc) is 2.69. The van der Waals surface area contributed by atoms with Gasteiger partial charge in [-0.3, -0.25) is 0 Å². The Hall–Kier alpha value is -1.92. The first kappa shape index (κ1) is 19.1. The van der Waals surface area contributed by atoms with E-state index in [2.05, 4.69) is 5.32 Å². The summed E-state index contributed by atoms with van der Waals surface area (Å²) in [5, 5.41) is 3.34. The molecule has 1 saturated heterocycles. The van der Waals surface area contributed by atoms with Gasteiger partial charge in [0.05, 0.1) is 5.56 Å². The fourth-order valence-electron chi connectivity index (χ4n) is 6.44. The lowest BCUT2D eigenvalue weighted by molar-refractivity contribution is -0.137. The highest BCUT2D eigenvalue weighted by Crippen LogP contribution is 2.53. The number of rotatable bonds is 2. The quantitative estimate of drug-likeness (QED) is 0.791. The summed E-state index contributed by atoms with van der Waals surface area (Å²) in [6.45, 7) is 2.18. The maximum atomic E-state index is 13.0. The monoisotopic (exact) mass is 407 g/mol. The highest BCUT2D eigenvalue weighted by Gasteiger charge is 2.48. The molecule has 0 radical (unpaired) electrons. The number of piperazine rings is 1. The molecule has 5 aliphatic rings. The van der Waals surface area contributed by atoms with Gasteiger partial charge in [0.25, 0.3) is 0 Å². The fraction of sp³-hybridized carbons (Fsp3) is 0.682. The van der Waals surface area contributed by atoms with Crippen LogP contribution in [0.3, 0.4) is 0 Å². The van der Waals surface area contributed by atoms with Gasteiger partial charge < -0.3 is 15.1 Å². The average molecular weight is 407 g/mol. The van der Waals surface area contributed by atoms with Crippen LogP contribution in [0.5, 0.6) is 0 Å². The van der Waals surface area contributed by atoms with Crippen molar-refractivity contribution in [3.05, 3.63) is 29.8 Å². The van der Waals surface area contributed by atoms with E-state index in [0.717, 1.165) is 17.9 Å². The number of halogens is 3. The third-order valence-corrected chi connectivity index (χ3v) is 7.62. The molecule has 0 aromatic heterocycles. The van der Waals surface area contributed by atoms with Gasteiger partial charge in [0.2, 0.25) is 0 Å². The minimum absolute atomic E-state index is 0.00571. The second-order valence-corrected chi connectivity index (χ2v) is 9.43. The Balaban J connectivity index is 1.18. The Kier molecular flexibility index (Phi) is 4.67. The van der Waals surface area contributed by atoms with E-state index in [1.54, 1.807) is 6.07 Å². The van der Waals surface area contributed by atoms with Crippen LogP contribution in [0.1, 0.15) is 37.7 Å². The van der Waals surface area contributed by atoms with Crippen molar-refractivity contribution in [1.82, 2.24) is 10.2 Å². The molecule has 1 aromatic carbocycles. The van der Waals surface area contributed by atoms with Crippen molar-refractivity contribution in [2.24, 2.45) is 23.7 Å². The standard InChI is InChI=1S/C22H28F3N3O/c23-22(24,25)18-2-1-3-19(13-18)27-4-6-28(7-5-27)21(29)26-20-16-9-14-8-15(11-16)12-17(20)10-14/h1-3,13-17,20H,4-12H2,(H,26,29). The van der Waals surface area contributed by atoms with Crippen molar-refractivity contribution in [2.45, 2.75) is 44.3 Å². The number of amides is 2. The maximum Gasteiger partial charge on any atom is 0.416 e. The molecule has 4 bridgehead atoms. The van der Waals surface area contributed by atoms with Gasteiger partial charge in [0.1, 0.15) is 0 Å². The zero-order valence-corrected chi connectivity index (χ0v) is 16.5. The molecule has 7 heteroatoms. The summed E-state index contributed by atoms with van der Waals surface area (Å²) in [6, 6.07) is 5.77. The first-order valence-corrected chi connectivity index (χ1v) is 10.8. The highest BCUT2D eigenvalue weighted by atomic mass is 19.4. The summed E-state index contributed by atoms with van der Waals surface area (Å²) in [6.07, 6.45) is 2.12. The molecule has 0 atom stereocenters. The zero-order chi connectivity index (χ0) is 20.2. The predicted octanol–water partition coefficient (Wildman–Crippen LogP) is 4.36. The van der Waals surface area contributed by atoms with Crippen LogP contribution >= 0.6 is 0 Å². The lowest BCUT2D eigenvalue weighted by Gasteiger charge is -2.54. The van der Waals surface area contributed by atoms with E-state index in [9.17, 15) is 18.0 Å². The Labute approximate surface area is 169 Å². The van der Waals surface area contributed by atoms with Gasteiger partial charge in [0, 0.05) is 37.9 Å². The van der Waals surface area contributed by atoms with Gasteiger partial charge in [-0.1, -0.05) is 6.07 Å². The highest BCUT2D eigenvalue weighted by molar-refractivity contribution is 5.75. The van der Waals surface area contributed by atoms with Gasteiger partial charge in [0.15, 0.2) is 0 Å². The summed E-state index contributed by atoms with van der Waals surface area (Å²) < 4.78 is 38.9. The van der Waals surface area contributed by atoms with Crippen LogP contribution in [-0.4, -0.2) is 43.2 Å². The molecular formula is C22H28F3N3O. The number of hydrogen-bond acceptors (Lipinski definition) is 2. The second-order valence-electron chi connectivity index (χ2n) is 9.43. The molecule has 0 unspecified atom stereocenters. The molecule has 4 saturated carbocycles. The van der Waals surface area contributed by atoms with Crippen LogP contribution in [-0.2, 0) is 6.18 Å². The number of benzene rings is 1. The van der Waals surface area contributed by atoms with Crippen molar-refractivity contribution in [3.8, 4) is 0 Å². The molecule has 1 N–H and O–H groups in total. The van der Waals surface area contributed by atoms with E-state index in [1.807, 2.05) is 9.80 Å². The Morgan fingerprint density at radius 2 is 1.55 bits per heavy atom. The number of nitrogens with one attached hydrogen (secondary N) is 1. The maximum absolute atomic E-state index is 13.0. The number of anilines is 1. The lowest BCUT2D eigenvalue weighted by Crippen LogP contribution is -2.60. The summed E-state index contributed by atoms with van der Waals surface area (Å²) in [7, 11) is 0. The largest absolute Gasteiger partial charge is 0.416 e. The Morgan fingerprint density at radius 3 is 2.14 bits per heavy atom. The smallest absolute Gasteiger partial charge is 0.368 e. The molecule has 4 nitrogen and oxygen atoms in total. The number of hydrogen-bond donors (Lipinski definition) is 1. The molecule has 1 aliphatic heterocycles. The number of urea groups is 1. The minimum Gasteiger partial charge on any atom is -0.368 e. The zero-order valence-electron chi connectivity index (χ0n) is 16.5. The van der Waals surface area contributed by atoms with E-state index >= 15 is 0 Å². The summed E-state index contributed by atoms with van der Waals surface area (Å²) >= 11 is 0. The molecule has 5 fully saturated rings. The molecule has 2 amide bonds. The fourth-order valence-corrected chi connectivity index (χ4v) is 6.44. The van der Waals surface area contributed by atoms with Gasteiger partial charge in [-0.15, -0.1) is 0 Å². The first-order valence-electron chi connectivity index (χ1n) is 10.8. The van der Waals surface area contributed by atoms with Crippen LogP contribution < -0.4 is 10.2 Å². The van der Waals surface area contributed by atoms with Crippen LogP contribution in [0.25, 0.3) is 0 Å². The van der Waals surface area contributed by atoms with Crippen LogP contribution in [0, 0.1) is 23.7 Å². The van der Waals surface area contributed by atoms with Crippen molar-refractivity contribution >= 4 is 11.7 Å². The summed E-state index contributed by atoms with van der Waals surface area (Å²) in [4.78, 5) is 16.6. The van der Waals surface area contributed by atoms with E-state index in [1.165, 1.54) is 44.2 Å². The second kappa shape index (κ2) is 7.10. The SMILES string of the molecule is O=C(NC1C2CC3CC(C2)CC1C3)N1CCN(c2cccc(C(F)(F)F)c2)CC1. The summed E-state index contributed by atoms with van der Waals surface area (Å²) in [5.74, 6) is 3.03. The number of alkyl halides is 3. The molecule has 1 heterocycles. The van der Waals surface area contributed by atoms with E-state index in [-0.39, 0.29) is 6.03 Å². The normalized spacial score (nSPS) is 33.8. The number of carbonyl (C=O) groups excluding carboxylic acids is 1. The van der Waals surface area contributed by atoms with Crippen molar-refractivity contribution in [2.75, 3.05) is 31.1 Å². The van der Waals surface area contributed by atoms with Crippen LogP contribution in [0.15, 0.2) is 24.3 Å².